The minimum Gasteiger partial charge on any atom is -0.316 e. The van der Waals surface area contributed by atoms with Gasteiger partial charge in [0.05, 0.1) is 5.02 Å². The molecule has 3 rings (SSSR count). The summed E-state index contributed by atoms with van der Waals surface area (Å²) in [6.45, 7) is 5.74. The van der Waals surface area contributed by atoms with E-state index in [-0.39, 0.29) is 24.8 Å². The van der Waals surface area contributed by atoms with E-state index in [1.165, 1.54) is 44.6 Å². The van der Waals surface area contributed by atoms with Crippen LogP contribution in [0.5, 0.6) is 0 Å². The lowest BCUT2D eigenvalue weighted by molar-refractivity contribution is 0.268. The second kappa shape index (κ2) is 7.09. The van der Waals surface area contributed by atoms with Gasteiger partial charge in [0.2, 0.25) is 0 Å². The van der Waals surface area contributed by atoms with E-state index in [0.717, 1.165) is 11.6 Å². The van der Waals surface area contributed by atoms with Crippen LogP contribution in [-0.4, -0.2) is 36.1 Å². The zero-order chi connectivity index (χ0) is 11.7. The summed E-state index contributed by atoms with van der Waals surface area (Å²) >= 11 is 6.15. The van der Waals surface area contributed by atoms with Crippen molar-refractivity contribution in [2.75, 3.05) is 26.2 Å². The topological polar surface area (TPSA) is 28.2 Å². The van der Waals surface area contributed by atoms with E-state index in [4.69, 9.17) is 11.6 Å². The Bertz CT molecular complexity index is 408. The van der Waals surface area contributed by atoms with E-state index in [0.29, 0.717) is 5.41 Å². The molecule has 2 aliphatic rings. The molecule has 0 radical (unpaired) electrons. The minimum atomic E-state index is 0. The normalized spacial score (nSPS) is 26.2. The molecule has 0 bridgehead atoms. The molecule has 1 atom stereocenters. The zero-order valence-electron chi connectivity index (χ0n) is 10.8. The van der Waals surface area contributed by atoms with Crippen LogP contribution in [0.3, 0.4) is 0 Å². The van der Waals surface area contributed by atoms with Gasteiger partial charge in [-0.25, -0.2) is 0 Å². The van der Waals surface area contributed by atoms with E-state index >= 15 is 0 Å². The third kappa shape index (κ3) is 3.73. The molecule has 0 aliphatic carbocycles. The van der Waals surface area contributed by atoms with Gasteiger partial charge < -0.3 is 5.32 Å². The average Bonchev–Trinajstić information content (AvgIpc) is 2.94. The lowest BCUT2D eigenvalue weighted by atomic mass is 9.87. The smallest absolute Gasteiger partial charge is 0.0634 e. The van der Waals surface area contributed by atoms with Gasteiger partial charge in [-0.2, -0.15) is 0 Å². The van der Waals surface area contributed by atoms with Gasteiger partial charge in [0, 0.05) is 32.0 Å². The molecule has 1 N–H and O–H groups in total. The predicted octanol–water partition coefficient (Wildman–Crippen LogP) is 2.76. The van der Waals surface area contributed by atoms with Gasteiger partial charge in [-0.15, -0.1) is 24.8 Å². The first-order valence-electron chi connectivity index (χ1n) is 6.29. The first kappa shape index (κ1) is 17.0. The molecule has 108 valence electrons. The molecule has 6 heteroatoms. The Labute approximate surface area is 131 Å². The summed E-state index contributed by atoms with van der Waals surface area (Å²) in [5.41, 5.74) is 1.74. The maximum Gasteiger partial charge on any atom is 0.0634 e. The summed E-state index contributed by atoms with van der Waals surface area (Å²) in [5.74, 6) is 0. The Morgan fingerprint density at radius 1 is 1.37 bits per heavy atom. The maximum absolute atomic E-state index is 6.15. The highest BCUT2D eigenvalue weighted by Crippen LogP contribution is 2.36. The summed E-state index contributed by atoms with van der Waals surface area (Å²) in [7, 11) is 0. The van der Waals surface area contributed by atoms with E-state index in [1.54, 1.807) is 6.20 Å². The van der Waals surface area contributed by atoms with Gasteiger partial charge in [0.25, 0.3) is 0 Å². The van der Waals surface area contributed by atoms with Crippen molar-refractivity contribution in [3.63, 3.8) is 0 Å². The molecular weight excluding hydrogens is 305 g/mol. The summed E-state index contributed by atoms with van der Waals surface area (Å²) < 4.78 is 0. The fourth-order valence-electron chi connectivity index (χ4n) is 3.08. The number of aromatic nitrogens is 1. The van der Waals surface area contributed by atoms with Gasteiger partial charge in [-0.05, 0) is 43.0 Å². The number of likely N-dealkylation sites (tertiary alicyclic amines) is 1. The molecule has 3 heterocycles. The first-order valence-corrected chi connectivity index (χ1v) is 6.67. The molecule has 1 unspecified atom stereocenters. The fraction of sp³-hybridized carbons (Fsp3) is 0.615. The summed E-state index contributed by atoms with van der Waals surface area (Å²) in [6, 6.07) is 2.03. The Hall–Kier alpha value is -0.0600. The van der Waals surface area contributed by atoms with E-state index in [2.05, 4.69) is 15.2 Å². The number of hydrogen-bond donors (Lipinski definition) is 1. The molecule has 19 heavy (non-hydrogen) atoms. The van der Waals surface area contributed by atoms with E-state index in [9.17, 15) is 0 Å². The van der Waals surface area contributed by atoms with Crippen molar-refractivity contribution in [1.82, 2.24) is 15.2 Å². The highest BCUT2D eigenvalue weighted by Gasteiger charge is 2.40. The number of hydrogen-bond acceptors (Lipinski definition) is 3. The number of nitrogens with one attached hydrogen (secondary N) is 1. The Morgan fingerprint density at radius 2 is 2.21 bits per heavy atom. The standard InChI is InChI=1S/C13H18ClN3.2ClH/c14-12-7-15-4-1-11(12)8-17-6-3-13(10-17)2-5-16-9-13;;/h1,4,7,16H,2-3,5-6,8-10H2;2*1H. The molecule has 2 saturated heterocycles. The van der Waals surface area contributed by atoms with Crippen LogP contribution in [0.1, 0.15) is 18.4 Å². The fourth-order valence-corrected chi connectivity index (χ4v) is 3.26. The van der Waals surface area contributed by atoms with Crippen LogP contribution in [-0.2, 0) is 6.54 Å². The molecule has 0 saturated carbocycles. The highest BCUT2D eigenvalue weighted by atomic mass is 35.5. The van der Waals surface area contributed by atoms with Gasteiger partial charge >= 0.3 is 0 Å². The van der Waals surface area contributed by atoms with Crippen LogP contribution < -0.4 is 5.32 Å². The molecule has 1 aromatic rings. The average molecular weight is 325 g/mol. The van der Waals surface area contributed by atoms with Crippen LogP contribution in [0, 0.1) is 5.41 Å². The third-order valence-corrected chi connectivity index (χ3v) is 4.44. The third-order valence-electron chi connectivity index (χ3n) is 4.10. The van der Waals surface area contributed by atoms with Crippen molar-refractivity contribution in [2.45, 2.75) is 19.4 Å². The second-order valence-corrected chi connectivity index (χ2v) is 5.76. The van der Waals surface area contributed by atoms with Crippen molar-refractivity contribution in [2.24, 2.45) is 5.41 Å². The lowest BCUT2D eigenvalue weighted by Gasteiger charge is -2.23. The zero-order valence-corrected chi connectivity index (χ0v) is 13.2. The molecule has 3 nitrogen and oxygen atoms in total. The van der Waals surface area contributed by atoms with Crippen molar-refractivity contribution < 1.29 is 0 Å². The second-order valence-electron chi connectivity index (χ2n) is 5.35. The number of rotatable bonds is 2. The summed E-state index contributed by atoms with van der Waals surface area (Å²) in [4.78, 5) is 6.55. The molecule has 1 aromatic heterocycles. The van der Waals surface area contributed by atoms with Crippen LogP contribution in [0.25, 0.3) is 0 Å². The van der Waals surface area contributed by atoms with Crippen LogP contribution in [0.4, 0.5) is 0 Å². The Kier molecular flexibility index (Phi) is 6.34. The Balaban J connectivity index is 0.000000902. The van der Waals surface area contributed by atoms with Gasteiger partial charge in [0.15, 0.2) is 0 Å². The predicted molar refractivity (Wildman–Crippen MR) is 83.6 cm³/mol. The molecule has 2 fully saturated rings. The van der Waals surface area contributed by atoms with Gasteiger partial charge in [-0.1, -0.05) is 11.6 Å². The van der Waals surface area contributed by atoms with Crippen molar-refractivity contribution >= 4 is 36.4 Å². The maximum atomic E-state index is 6.15. The largest absolute Gasteiger partial charge is 0.316 e. The van der Waals surface area contributed by atoms with Gasteiger partial charge in [0.1, 0.15) is 0 Å². The quantitative estimate of drug-likeness (QED) is 0.906. The van der Waals surface area contributed by atoms with Crippen LogP contribution in [0.2, 0.25) is 5.02 Å². The minimum absolute atomic E-state index is 0. The van der Waals surface area contributed by atoms with Crippen molar-refractivity contribution in [3.8, 4) is 0 Å². The molecule has 0 aromatic carbocycles. The number of nitrogens with zero attached hydrogens (tertiary/aromatic N) is 2. The SMILES string of the molecule is Cl.Cl.Clc1cnccc1CN1CCC2(CCNC2)C1. The molecule has 0 amide bonds. The molecule has 1 spiro atoms. The van der Waals surface area contributed by atoms with Crippen molar-refractivity contribution in [1.29, 1.82) is 0 Å². The highest BCUT2D eigenvalue weighted by molar-refractivity contribution is 6.31. The van der Waals surface area contributed by atoms with Crippen molar-refractivity contribution in [3.05, 3.63) is 29.0 Å². The summed E-state index contributed by atoms with van der Waals surface area (Å²) in [6.07, 6.45) is 6.21. The number of halogens is 3. The monoisotopic (exact) mass is 323 g/mol. The summed E-state index contributed by atoms with van der Waals surface area (Å²) in [5, 5.41) is 4.28. The first-order chi connectivity index (χ1) is 8.27. The van der Waals surface area contributed by atoms with Gasteiger partial charge in [-0.3, -0.25) is 9.88 Å². The van der Waals surface area contributed by atoms with Crippen LogP contribution >= 0.6 is 36.4 Å². The molecule has 2 aliphatic heterocycles. The number of pyridine rings is 1. The van der Waals surface area contributed by atoms with E-state index in [1.807, 2.05) is 12.3 Å². The Morgan fingerprint density at radius 3 is 2.89 bits per heavy atom. The van der Waals surface area contributed by atoms with E-state index < -0.39 is 0 Å². The molecular formula is C13H20Cl3N3. The lowest BCUT2D eigenvalue weighted by Crippen LogP contribution is -2.29. The van der Waals surface area contributed by atoms with Crippen LogP contribution in [0.15, 0.2) is 18.5 Å².